The molecule has 0 fully saturated rings. The van der Waals surface area contributed by atoms with Gasteiger partial charge in [-0.15, -0.1) is 0 Å². The molecule has 0 aliphatic carbocycles. The topological polar surface area (TPSA) is 86.8 Å². The van der Waals surface area contributed by atoms with Crippen molar-refractivity contribution in [3.63, 3.8) is 0 Å². The Hall–Kier alpha value is -2.59. The van der Waals surface area contributed by atoms with Crippen molar-refractivity contribution in [2.24, 2.45) is 0 Å². The molecule has 0 aliphatic rings. The summed E-state index contributed by atoms with van der Waals surface area (Å²) < 4.78 is 27.7. The Balaban J connectivity index is 2.08. The fourth-order valence-electron chi connectivity index (χ4n) is 4.17. The predicted octanol–water partition coefficient (Wildman–Crippen LogP) is 6.00. The predicted molar refractivity (Wildman–Crippen MR) is 165 cm³/mol. The molecule has 2 amide bonds. The number of nitrogens with one attached hydrogen (secondary N) is 1. The number of benzene rings is 3. The molecule has 0 saturated heterocycles. The zero-order valence-corrected chi connectivity index (χ0v) is 26.6. The molecular weight excluding hydrogens is 637 g/mol. The van der Waals surface area contributed by atoms with E-state index in [9.17, 15) is 18.0 Å². The van der Waals surface area contributed by atoms with Crippen molar-refractivity contribution in [2.45, 2.75) is 45.8 Å². The van der Waals surface area contributed by atoms with Crippen molar-refractivity contribution < 1.29 is 18.0 Å². The van der Waals surface area contributed by atoms with Crippen molar-refractivity contribution in [2.75, 3.05) is 17.1 Å². The van der Waals surface area contributed by atoms with Gasteiger partial charge in [-0.05, 0) is 67.8 Å². The van der Waals surface area contributed by atoms with Gasteiger partial charge in [0.2, 0.25) is 21.8 Å². The third-order valence-electron chi connectivity index (χ3n) is 6.15. The Bertz CT molecular complexity index is 1470. The maximum absolute atomic E-state index is 14.1. The first-order valence-electron chi connectivity index (χ1n) is 12.6. The van der Waals surface area contributed by atoms with Crippen molar-refractivity contribution in [1.29, 1.82) is 0 Å². The molecule has 214 valence electrons. The lowest BCUT2D eigenvalue weighted by Gasteiger charge is -2.34. The molecule has 0 spiro atoms. The molecule has 0 aliphatic heterocycles. The normalized spacial score (nSPS) is 12.2. The number of aryl methyl sites for hydroxylation is 1. The minimum absolute atomic E-state index is 0.00963. The van der Waals surface area contributed by atoms with Gasteiger partial charge in [0, 0.05) is 23.5 Å². The highest BCUT2D eigenvalue weighted by molar-refractivity contribution is 9.10. The van der Waals surface area contributed by atoms with E-state index in [-0.39, 0.29) is 24.9 Å². The summed E-state index contributed by atoms with van der Waals surface area (Å²) >= 11 is 15.8. The summed E-state index contributed by atoms with van der Waals surface area (Å²) in [6.45, 7) is 5.02. The number of hydrogen-bond donors (Lipinski definition) is 1. The number of anilines is 1. The highest BCUT2D eigenvalue weighted by atomic mass is 79.9. The third kappa shape index (κ3) is 8.70. The molecular formula is C29H32BrCl2N3O4S. The lowest BCUT2D eigenvalue weighted by Crippen LogP contribution is -2.54. The van der Waals surface area contributed by atoms with Crippen LogP contribution in [0, 0.1) is 6.92 Å². The second-order valence-corrected chi connectivity index (χ2v) is 13.4. The van der Waals surface area contributed by atoms with E-state index in [0.29, 0.717) is 21.3 Å². The van der Waals surface area contributed by atoms with Gasteiger partial charge in [-0.25, -0.2) is 8.42 Å². The van der Waals surface area contributed by atoms with E-state index >= 15 is 0 Å². The van der Waals surface area contributed by atoms with Crippen LogP contribution in [0.1, 0.15) is 30.5 Å². The summed E-state index contributed by atoms with van der Waals surface area (Å²) in [5.74, 6) is -0.894. The first kappa shape index (κ1) is 31.9. The van der Waals surface area contributed by atoms with Gasteiger partial charge < -0.3 is 10.2 Å². The molecule has 1 N–H and O–H groups in total. The first-order valence-corrected chi connectivity index (χ1v) is 16.0. The van der Waals surface area contributed by atoms with Crippen LogP contribution in [0.3, 0.4) is 0 Å². The maximum atomic E-state index is 14.1. The number of carbonyl (C=O) groups is 2. The zero-order chi connectivity index (χ0) is 29.6. The number of hydrogen-bond acceptors (Lipinski definition) is 4. The number of rotatable bonds is 11. The minimum atomic E-state index is -3.85. The molecule has 3 aromatic rings. The minimum Gasteiger partial charge on any atom is -0.352 e. The fraction of sp³-hybridized carbons (Fsp3) is 0.310. The van der Waals surface area contributed by atoms with Gasteiger partial charge in [0.1, 0.15) is 12.6 Å². The summed E-state index contributed by atoms with van der Waals surface area (Å²) in [7, 11) is -3.85. The Morgan fingerprint density at radius 2 is 1.62 bits per heavy atom. The average Bonchev–Trinajstić information content (AvgIpc) is 2.88. The van der Waals surface area contributed by atoms with Crippen LogP contribution in [0.25, 0.3) is 0 Å². The molecule has 3 rings (SSSR count). The van der Waals surface area contributed by atoms with Gasteiger partial charge in [-0.1, -0.05) is 75.5 Å². The van der Waals surface area contributed by atoms with E-state index in [1.165, 1.54) is 4.90 Å². The SMILES string of the molecule is Cc1cc(N(CC(=O)N(Cc2ccc(Cl)c(Cl)c2)[C@@H](Cc2ccccc2)C(=O)NC(C)C)S(C)(=O)=O)ccc1Br. The molecule has 0 bridgehead atoms. The second kappa shape index (κ2) is 13.9. The summed E-state index contributed by atoms with van der Waals surface area (Å²) in [6, 6.07) is 18.3. The van der Waals surface area contributed by atoms with Gasteiger partial charge in [0.25, 0.3) is 0 Å². The summed E-state index contributed by atoms with van der Waals surface area (Å²) in [5.41, 5.74) is 2.65. The molecule has 7 nitrogen and oxygen atoms in total. The lowest BCUT2D eigenvalue weighted by molar-refractivity contribution is -0.140. The Labute approximate surface area is 254 Å². The Morgan fingerprint density at radius 3 is 2.20 bits per heavy atom. The fourth-order valence-corrected chi connectivity index (χ4v) is 5.58. The molecule has 0 saturated carbocycles. The molecule has 1 atom stereocenters. The monoisotopic (exact) mass is 667 g/mol. The number of nitrogens with zero attached hydrogens (tertiary/aromatic N) is 2. The van der Waals surface area contributed by atoms with Crippen LogP contribution in [0.2, 0.25) is 10.0 Å². The first-order chi connectivity index (χ1) is 18.8. The third-order valence-corrected chi connectivity index (χ3v) is 8.92. The smallest absolute Gasteiger partial charge is 0.244 e. The number of carbonyl (C=O) groups excluding carboxylic acids is 2. The molecule has 0 unspecified atom stereocenters. The summed E-state index contributed by atoms with van der Waals surface area (Å²) in [5, 5.41) is 3.58. The molecule has 0 heterocycles. The lowest BCUT2D eigenvalue weighted by atomic mass is 10.0. The molecule has 3 aromatic carbocycles. The number of amides is 2. The largest absolute Gasteiger partial charge is 0.352 e. The van der Waals surface area contributed by atoms with Crippen LogP contribution >= 0.6 is 39.1 Å². The second-order valence-electron chi connectivity index (χ2n) is 9.84. The van der Waals surface area contributed by atoms with Crippen LogP contribution in [0.5, 0.6) is 0 Å². The van der Waals surface area contributed by atoms with Crippen LogP contribution in [-0.4, -0.2) is 50.0 Å². The quantitative estimate of drug-likeness (QED) is 0.272. The van der Waals surface area contributed by atoms with E-state index in [4.69, 9.17) is 23.2 Å². The van der Waals surface area contributed by atoms with Gasteiger partial charge in [-0.3, -0.25) is 13.9 Å². The van der Waals surface area contributed by atoms with Crippen molar-refractivity contribution in [3.8, 4) is 0 Å². The van der Waals surface area contributed by atoms with Gasteiger partial charge in [0.05, 0.1) is 22.0 Å². The van der Waals surface area contributed by atoms with Gasteiger partial charge >= 0.3 is 0 Å². The highest BCUT2D eigenvalue weighted by Crippen LogP contribution is 2.27. The van der Waals surface area contributed by atoms with E-state index in [1.807, 2.05) is 51.1 Å². The number of halogens is 3. The molecule has 11 heteroatoms. The Kier molecular flexibility index (Phi) is 11.1. The summed E-state index contributed by atoms with van der Waals surface area (Å²) in [4.78, 5) is 29.0. The average molecular weight is 669 g/mol. The van der Waals surface area contributed by atoms with E-state index in [2.05, 4.69) is 21.2 Å². The van der Waals surface area contributed by atoms with Crippen LogP contribution < -0.4 is 9.62 Å². The maximum Gasteiger partial charge on any atom is 0.244 e. The molecule has 0 radical (unpaired) electrons. The van der Waals surface area contributed by atoms with Gasteiger partial charge in [-0.2, -0.15) is 0 Å². The standard InChI is InChI=1S/C29H32BrCl2N3O4S/c1-19(2)33-29(37)27(16-21-8-6-5-7-9-21)34(17-22-10-13-25(31)26(32)15-22)28(36)18-35(40(4,38)39)23-11-12-24(30)20(3)14-23/h5-15,19,27H,16-18H2,1-4H3,(H,33,37)/t27-/m0/s1. The zero-order valence-electron chi connectivity index (χ0n) is 22.7. The van der Waals surface area contributed by atoms with Crippen molar-refractivity contribution in [1.82, 2.24) is 10.2 Å². The highest BCUT2D eigenvalue weighted by Gasteiger charge is 2.33. The summed E-state index contributed by atoms with van der Waals surface area (Å²) in [6.07, 6.45) is 1.27. The van der Waals surface area contributed by atoms with Crippen LogP contribution in [0.4, 0.5) is 5.69 Å². The van der Waals surface area contributed by atoms with Crippen LogP contribution in [0.15, 0.2) is 71.2 Å². The van der Waals surface area contributed by atoms with Crippen LogP contribution in [-0.2, 0) is 32.6 Å². The molecule has 40 heavy (non-hydrogen) atoms. The van der Waals surface area contributed by atoms with E-state index in [1.54, 1.807) is 36.4 Å². The van der Waals surface area contributed by atoms with Crippen molar-refractivity contribution in [3.05, 3.63) is 97.9 Å². The number of sulfonamides is 1. The van der Waals surface area contributed by atoms with Crippen molar-refractivity contribution >= 4 is 66.7 Å². The van der Waals surface area contributed by atoms with E-state index in [0.717, 1.165) is 26.2 Å². The molecule has 0 aromatic heterocycles. The van der Waals surface area contributed by atoms with E-state index < -0.39 is 28.5 Å². The Morgan fingerprint density at radius 1 is 0.950 bits per heavy atom. The van der Waals surface area contributed by atoms with Gasteiger partial charge in [0.15, 0.2) is 0 Å².